The molecule has 1 saturated carbocycles. The second-order valence-electron chi connectivity index (χ2n) is 7.36. The quantitative estimate of drug-likeness (QED) is 0.817. The zero-order valence-corrected chi connectivity index (χ0v) is 15.8. The highest BCUT2D eigenvalue weighted by Crippen LogP contribution is 2.33. The average molecular weight is 356 g/mol. The third-order valence-corrected chi connectivity index (χ3v) is 5.95. The van der Waals surface area contributed by atoms with Crippen molar-refractivity contribution in [1.29, 1.82) is 5.26 Å². The van der Waals surface area contributed by atoms with Crippen molar-refractivity contribution in [2.24, 2.45) is 0 Å². The number of aromatic nitrogens is 2. The fourth-order valence-electron chi connectivity index (χ4n) is 4.10. The van der Waals surface area contributed by atoms with E-state index in [1.807, 2.05) is 14.0 Å². The standard InChI is InChI=1S/C19H28N6O/c1-16(18(26)23(2)19(15-20)6-4-3-5-7-19)24-10-12-25(13-11-24)17-14-21-8-9-22-17/h8-9,14,16H,3-7,10-13H2,1-2H3. The molecule has 1 aliphatic carbocycles. The van der Waals surface area contributed by atoms with Crippen LogP contribution in [0.3, 0.4) is 0 Å². The van der Waals surface area contributed by atoms with Gasteiger partial charge in [-0.25, -0.2) is 4.98 Å². The van der Waals surface area contributed by atoms with E-state index in [4.69, 9.17) is 0 Å². The lowest BCUT2D eigenvalue weighted by atomic mass is 9.81. The van der Waals surface area contributed by atoms with Gasteiger partial charge in [-0.2, -0.15) is 5.26 Å². The van der Waals surface area contributed by atoms with Crippen LogP contribution in [0.25, 0.3) is 0 Å². The number of nitrogens with zero attached hydrogens (tertiary/aromatic N) is 6. The lowest BCUT2D eigenvalue weighted by Gasteiger charge is -2.43. The van der Waals surface area contributed by atoms with Crippen molar-refractivity contribution in [2.75, 3.05) is 38.1 Å². The minimum atomic E-state index is -0.620. The number of anilines is 1. The molecule has 1 aromatic heterocycles. The Kier molecular flexibility index (Phi) is 5.72. The predicted molar refractivity (Wildman–Crippen MR) is 99.5 cm³/mol. The second kappa shape index (κ2) is 8.00. The lowest BCUT2D eigenvalue weighted by Crippen LogP contribution is -2.58. The Hall–Kier alpha value is -2.20. The van der Waals surface area contributed by atoms with Gasteiger partial charge in [-0.1, -0.05) is 19.3 Å². The van der Waals surface area contributed by atoms with Crippen LogP contribution in [0.5, 0.6) is 0 Å². The highest BCUT2D eigenvalue weighted by atomic mass is 16.2. The molecule has 7 heteroatoms. The summed E-state index contributed by atoms with van der Waals surface area (Å²) < 4.78 is 0. The third-order valence-electron chi connectivity index (χ3n) is 5.95. The summed E-state index contributed by atoms with van der Waals surface area (Å²) in [4.78, 5) is 27.7. The molecule has 7 nitrogen and oxygen atoms in total. The Labute approximate surface area is 155 Å². The molecular weight excluding hydrogens is 328 g/mol. The van der Waals surface area contributed by atoms with E-state index in [-0.39, 0.29) is 11.9 Å². The number of amides is 1. The number of rotatable bonds is 4. The third kappa shape index (κ3) is 3.65. The molecule has 0 spiro atoms. The van der Waals surface area contributed by atoms with Gasteiger partial charge in [-0.15, -0.1) is 0 Å². The molecule has 0 radical (unpaired) electrons. The van der Waals surface area contributed by atoms with Crippen LogP contribution in [0.15, 0.2) is 18.6 Å². The molecule has 1 amide bonds. The van der Waals surface area contributed by atoms with E-state index >= 15 is 0 Å². The van der Waals surface area contributed by atoms with Gasteiger partial charge in [0, 0.05) is 45.6 Å². The zero-order valence-electron chi connectivity index (χ0n) is 15.8. The van der Waals surface area contributed by atoms with Crippen molar-refractivity contribution >= 4 is 11.7 Å². The van der Waals surface area contributed by atoms with Gasteiger partial charge in [0.2, 0.25) is 5.91 Å². The van der Waals surface area contributed by atoms with Gasteiger partial charge in [0.05, 0.1) is 18.3 Å². The fourth-order valence-corrected chi connectivity index (χ4v) is 4.10. The van der Waals surface area contributed by atoms with E-state index in [2.05, 4.69) is 25.8 Å². The molecule has 26 heavy (non-hydrogen) atoms. The SMILES string of the molecule is CC(C(=O)N(C)C1(C#N)CCCCC1)N1CCN(c2cnccn2)CC1. The van der Waals surface area contributed by atoms with E-state index in [0.717, 1.165) is 64.1 Å². The van der Waals surface area contributed by atoms with Crippen LogP contribution in [-0.4, -0.2) is 70.5 Å². The lowest BCUT2D eigenvalue weighted by molar-refractivity contribution is -0.140. The molecule has 1 saturated heterocycles. The van der Waals surface area contributed by atoms with Crippen LogP contribution in [0.2, 0.25) is 0 Å². The first-order valence-corrected chi connectivity index (χ1v) is 9.51. The smallest absolute Gasteiger partial charge is 0.240 e. The van der Waals surface area contributed by atoms with Gasteiger partial charge in [-0.3, -0.25) is 14.7 Å². The molecule has 2 heterocycles. The largest absolute Gasteiger partial charge is 0.353 e. The van der Waals surface area contributed by atoms with E-state index in [9.17, 15) is 10.1 Å². The summed E-state index contributed by atoms with van der Waals surface area (Å²) in [6.45, 7) is 5.21. The Balaban J connectivity index is 1.60. The number of piperazine rings is 1. The molecular formula is C19H28N6O. The number of carbonyl (C=O) groups excluding carboxylic acids is 1. The summed E-state index contributed by atoms with van der Waals surface area (Å²) in [5.41, 5.74) is -0.620. The second-order valence-corrected chi connectivity index (χ2v) is 7.36. The normalized spacial score (nSPS) is 21.7. The molecule has 140 valence electrons. The summed E-state index contributed by atoms with van der Waals surface area (Å²) in [6, 6.07) is 2.24. The maximum atomic E-state index is 13.1. The highest BCUT2D eigenvalue weighted by Gasteiger charge is 2.41. The maximum absolute atomic E-state index is 13.1. The Morgan fingerprint density at radius 1 is 1.23 bits per heavy atom. The Bertz CT molecular complexity index is 644. The number of hydrogen-bond donors (Lipinski definition) is 0. The van der Waals surface area contributed by atoms with Gasteiger partial charge in [0.1, 0.15) is 11.4 Å². The Morgan fingerprint density at radius 3 is 2.50 bits per heavy atom. The van der Waals surface area contributed by atoms with Crippen molar-refractivity contribution in [3.63, 3.8) is 0 Å². The van der Waals surface area contributed by atoms with Crippen molar-refractivity contribution in [3.05, 3.63) is 18.6 Å². The van der Waals surface area contributed by atoms with Gasteiger partial charge < -0.3 is 9.80 Å². The zero-order chi connectivity index (χ0) is 18.6. The molecule has 3 rings (SSSR count). The summed E-state index contributed by atoms with van der Waals surface area (Å²) >= 11 is 0. The molecule has 2 aliphatic rings. The van der Waals surface area contributed by atoms with Gasteiger partial charge >= 0.3 is 0 Å². The molecule has 2 fully saturated rings. The van der Waals surface area contributed by atoms with E-state index in [0.29, 0.717) is 0 Å². The number of likely N-dealkylation sites (N-methyl/N-ethyl adjacent to an activating group) is 1. The van der Waals surface area contributed by atoms with Crippen molar-refractivity contribution in [2.45, 2.75) is 50.6 Å². The van der Waals surface area contributed by atoms with E-state index < -0.39 is 5.54 Å². The van der Waals surface area contributed by atoms with E-state index in [1.54, 1.807) is 23.5 Å². The summed E-state index contributed by atoms with van der Waals surface area (Å²) in [5.74, 6) is 0.940. The molecule has 1 atom stereocenters. The van der Waals surface area contributed by atoms with Crippen molar-refractivity contribution < 1.29 is 4.79 Å². The number of hydrogen-bond acceptors (Lipinski definition) is 6. The number of nitriles is 1. The van der Waals surface area contributed by atoms with Crippen LogP contribution in [0, 0.1) is 11.3 Å². The van der Waals surface area contributed by atoms with Crippen LogP contribution in [0.1, 0.15) is 39.0 Å². The summed E-state index contributed by atoms with van der Waals surface area (Å²) in [6.07, 6.45) is 9.94. The minimum Gasteiger partial charge on any atom is -0.353 e. The van der Waals surface area contributed by atoms with Gasteiger partial charge in [-0.05, 0) is 19.8 Å². The van der Waals surface area contributed by atoms with Gasteiger partial charge in [0.25, 0.3) is 0 Å². The maximum Gasteiger partial charge on any atom is 0.240 e. The first kappa shape index (κ1) is 18.6. The first-order chi connectivity index (χ1) is 12.6. The fraction of sp³-hybridized carbons (Fsp3) is 0.684. The molecule has 1 aromatic rings. The number of carbonyl (C=O) groups is 1. The first-order valence-electron chi connectivity index (χ1n) is 9.51. The van der Waals surface area contributed by atoms with Crippen LogP contribution in [-0.2, 0) is 4.79 Å². The minimum absolute atomic E-state index is 0.0569. The topological polar surface area (TPSA) is 76.4 Å². The molecule has 0 N–H and O–H groups in total. The van der Waals surface area contributed by atoms with Crippen molar-refractivity contribution in [3.8, 4) is 6.07 Å². The monoisotopic (exact) mass is 356 g/mol. The molecule has 1 aliphatic heterocycles. The Morgan fingerprint density at radius 2 is 1.92 bits per heavy atom. The van der Waals surface area contributed by atoms with Crippen molar-refractivity contribution in [1.82, 2.24) is 19.8 Å². The van der Waals surface area contributed by atoms with Crippen LogP contribution >= 0.6 is 0 Å². The molecule has 1 unspecified atom stereocenters. The molecule has 0 bridgehead atoms. The summed E-state index contributed by atoms with van der Waals surface area (Å²) in [5, 5.41) is 9.74. The predicted octanol–water partition coefficient (Wildman–Crippen LogP) is 1.67. The highest BCUT2D eigenvalue weighted by molar-refractivity contribution is 5.82. The summed E-state index contributed by atoms with van der Waals surface area (Å²) in [7, 11) is 1.81. The average Bonchev–Trinajstić information content (AvgIpc) is 2.73. The van der Waals surface area contributed by atoms with Crippen LogP contribution in [0.4, 0.5) is 5.82 Å². The van der Waals surface area contributed by atoms with Crippen LogP contribution < -0.4 is 4.90 Å². The van der Waals surface area contributed by atoms with E-state index in [1.165, 1.54) is 0 Å². The van der Waals surface area contributed by atoms with Gasteiger partial charge in [0.15, 0.2) is 0 Å². The molecule has 0 aromatic carbocycles.